The van der Waals surface area contributed by atoms with Crippen LogP contribution in [0, 0.1) is 6.92 Å². The Labute approximate surface area is 167 Å². The van der Waals surface area contributed by atoms with Crippen LogP contribution in [-0.2, 0) is 0 Å². The third-order valence-corrected chi connectivity index (χ3v) is 4.96. The van der Waals surface area contributed by atoms with Gasteiger partial charge in [0.05, 0.1) is 32.0 Å². The number of rotatable bonds is 5. The number of hydrogen-bond acceptors (Lipinski definition) is 8. The maximum Gasteiger partial charge on any atom is 0.257 e. The zero-order valence-electron chi connectivity index (χ0n) is 16.5. The number of aromatic nitrogens is 5. The van der Waals surface area contributed by atoms with E-state index in [0.29, 0.717) is 47.6 Å². The molecule has 10 nitrogen and oxygen atoms in total. The first kappa shape index (κ1) is 18.9. The molecule has 0 spiro atoms. The van der Waals surface area contributed by atoms with Crippen LogP contribution in [-0.4, -0.2) is 63.3 Å². The molecular formula is C19H22N6O4. The predicted octanol–water partition coefficient (Wildman–Crippen LogP) is 2.13. The Bertz CT molecular complexity index is 1010. The summed E-state index contributed by atoms with van der Waals surface area (Å²) in [6.45, 7) is 2.93. The zero-order chi connectivity index (χ0) is 20.4. The molecule has 1 aliphatic heterocycles. The topological polar surface area (TPSA) is 108 Å². The van der Waals surface area contributed by atoms with Crippen LogP contribution in [0.1, 0.15) is 35.1 Å². The molecule has 1 atom stereocenters. The Morgan fingerprint density at radius 1 is 1.28 bits per heavy atom. The van der Waals surface area contributed by atoms with Crippen molar-refractivity contribution in [1.29, 1.82) is 0 Å². The zero-order valence-corrected chi connectivity index (χ0v) is 16.5. The lowest BCUT2D eigenvalue weighted by molar-refractivity contribution is 0.0668. The number of hydrogen-bond donors (Lipinski definition) is 0. The van der Waals surface area contributed by atoms with E-state index < -0.39 is 0 Å². The van der Waals surface area contributed by atoms with Gasteiger partial charge in [-0.05, 0) is 25.0 Å². The van der Waals surface area contributed by atoms with Gasteiger partial charge in [-0.15, -0.1) is 5.10 Å². The van der Waals surface area contributed by atoms with Crippen molar-refractivity contribution in [3.63, 3.8) is 0 Å². The summed E-state index contributed by atoms with van der Waals surface area (Å²) in [5.41, 5.74) is 1.05. The van der Waals surface area contributed by atoms with Gasteiger partial charge in [-0.1, -0.05) is 10.4 Å². The highest BCUT2D eigenvalue weighted by atomic mass is 16.5. The molecule has 4 rings (SSSR count). The number of carbonyl (C=O) groups excluding carboxylic acids is 1. The number of likely N-dealkylation sites (tertiary alicyclic amines) is 1. The number of carbonyl (C=O) groups is 1. The monoisotopic (exact) mass is 398 g/mol. The number of benzene rings is 1. The molecule has 1 saturated heterocycles. The van der Waals surface area contributed by atoms with E-state index in [1.54, 1.807) is 50.2 Å². The molecule has 3 aromatic rings. The molecule has 0 saturated carbocycles. The average Bonchev–Trinajstić information content (AvgIpc) is 3.42. The molecule has 2 aromatic heterocycles. The molecule has 1 amide bonds. The molecule has 0 N–H and O–H groups in total. The van der Waals surface area contributed by atoms with Gasteiger partial charge in [0.1, 0.15) is 11.5 Å². The Morgan fingerprint density at radius 2 is 2.14 bits per heavy atom. The molecule has 0 radical (unpaired) electrons. The molecule has 1 aromatic carbocycles. The third kappa shape index (κ3) is 3.78. The minimum Gasteiger partial charge on any atom is -0.497 e. The van der Waals surface area contributed by atoms with Gasteiger partial charge < -0.3 is 18.9 Å². The molecule has 3 heterocycles. The summed E-state index contributed by atoms with van der Waals surface area (Å²) in [5, 5.41) is 12.2. The number of methoxy groups -OCH3 is 2. The van der Waals surface area contributed by atoms with Crippen LogP contribution in [0.25, 0.3) is 11.5 Å². The first-order valence-electron chi connectivity index (χ1n) is 9.33. The van der Waals surface area contributed by atoms with Crippen molar-refractivity contribution in [2.45, 2.75) is 25.8 Å². The molecule has 29 heavy (non-hydrogen) atoms. The van der Waals surface area contributed by atoms with Crippen molar-refractivity contribution in [3.8, 4) is 23.0 Å². The highest BCUT2D eigenvalue weighted by Gasteiger charge is 2.28. The van der Waals surface area contributed by atoms with Crippen molar-refractivity contribution in [2.75, 3.05) is 27.3 Å². The van der Waals surface area contributed by atoms with E-state index >= 15 is 0 Å². The smallest absolute Gasteiger partial charge is 0.257 e. The Morgan fingerprint density at radius 3 is 2.86 bits per heavy atom. The van der Waals surface area contributed by atoms with Crippen molar-refractivity contribution in [1.82, 2.24) is 30.0 Å². The summed E-state index contributed by atoms with van der Waals surface area (Å²) >= 11 is 0. The van der Waals surface area contributed by atoms with Crippen molar-refractivity contribution in [2.24, 2.45) is 0 Å². The van der Waals surface area contributed by atoms with Crippen molar-refractivity contribution < 1.29 is 18.8 Å². The predicted molar refractivity (Wildman–Crippen MR) is 102 cm³/mol. The first-order chi connectivity index (χ1) is 14.1. The van der Waals surface area contributed by atoms with Gasteiger partial charge >= 0.3 is 0 Å². The molecule has 152 valence electrons. The molecule has 0 bridgehead atoms. The molecule has 10 heteroatoms. The summed E-state index contributed by atoms with van der Waals surface area (Å²) < 4.78 is 17.4. The third-order valence-electron chi connectivity index (χ3n) is 4.96. The summed E-state index contributed by atoms with van der Waals surface area (Å²) in [4.78, 5) is 19.1. The number of nitrogens with zero attached hydrogens (tertiary/aromatic N) is 6. The molecular weight excluding hydrogens is 376 g/mol. The van der Waals surface area contributed by atoms with Crippen molar-refractivity contribution >= 4 is 5.91 Å². The maximum atomic E-state index is 13.1. The Balaban J connectivity index is 1.51. The van der Waals surface area contributed by atoms with Crippen LogP contribution in [0.3, 0.4) is 0 Å². The Hall–Kier alpha value is -3.43. The summed E-state index contributed by atoms with van der Waals surface area (Å²) in [7, 11) is 3.12. The quantitative estimate of drug-likeness (QED) is 0.643. The van der Waals surface area contributed by atoms with E-state index in [1.807, 2.05) is 4.90 Å². The molecule has 1 unspecified atom stereocenters. The van der Waals surface area contributed by atoms with Crippen LogP contribution in [0.5, 0.6) is 11.5 Å². The molecule has 1 fully saturated rings. The highest BCUT2D eigenvalue weighted by molar-refractivity contribution is 5.97. The Kier molecular flexibility index (Phi) is 5.15. The van der Waals surface area contributed by atoms with Crippen LogP contribution in [0.4, 0.5) is 0 Å². The minimum absolute atomic E-state index is 0.0196. The van der Waals surface area contributed by atoms with Gasteiger partial charge in [-0.3, -0.25) is 4.79 Å². The van der Waals surface area contributed by atoms with E-state index in [-0.39, 0.29) is 11.9 Å². The fourth-order valence-electron chi connectivity index (χ4n) is 3.46. The van der Waals surface area contributed by atoms with Crippen LogP contribution in [0.15, 0.2) is 28.9 Å². The molecule has 0 aliphatic carbocycles. The summed E-state index contributed by atoms with van der Waals surface area (Å²) in [6, 6.07) is 5.22. The van der Waals surface area contributed by atoms with E-state index in [1.165, 1.54) is 0 Å². The molecule has 1 aliphatic rings. The second-order valence-electron chi connectivity index (χ2n) is 6.83. The lowest BCUT2D eigenvalue weighted by Crippen LogP contribution is -2.41. The van der Waals surface area contributed by atoms with Crippen LogP contribution < -0.4 is 9.47 Å². The van der Waals surface area contributed by atoms with Gasteiger partial charge in [-0.25, -0.2) is 4.68 Å². The fraction of sp³-hybridized carbons (Fsp3) is 0.421. The highest BCUT2D eigenvalue weighted by Crippen LogP contribution is 2.29. The second kappa shape index (κ2) is 7.90. The van der Waals surface area contributed by atoms with Gasteiger partial charge in [0.2, 0.25) is 11.7 Å². The largest absolute Gasteiger partial charge is 0.497 e. The maximum absolute atomic E-state index is 13.1. The van der Waals surface area contributed by atoms with Gasteiger partial charge in [0.25, 0.3) is 5.91 Å². The normalized spacial score (nSPS) is 16.7. The lowest BCUT2D eigenvalue weighted by Gasteiger charge is -2.33. The van der Waals surface area contributed by atoms with Gasteiger partial charge in [0.15, 0.2) is 5.69 Å². The SMILES string of the molecule is COc1ccc(C(=O)N2CCCC(n3cc(-c4noc(C)n4)nn3)C2)c(OC)c1. The number of amides is 1. The first-order valence-corrected chi connectivity index (χ1v) is 9.33. The van der Waals surface area contributed by atoms with E-state index in [0.717, 1.165) is 12.8 Å². The minimum atomic E-state index is -0.0802. The number of piperidine rings is 1. The van der Waals surface area contributed by atoms with Gasteiger partial charge in [0, 0.05) is 26.1 Å². The summed E-state index contributed by atoms with van der Waals surface area (Å²) in [6.07, 6.45) is 3.56. The van der Waals surface area contributed by atoms with E-state index in [9.17, 15) is 4.79 Å². The number of aryl methyl sites for hydroxylation is 1. The summed E-state index contributed by atoms with van der Waals surface area (Å²) in [5.74, 6) is 1.93. The fourth-order valence-corrected chi connectivity index (χ4v) is 3.46. The van der Waals surface area contributed by atoms with Crippen LogP contribution >= 0.6 is 0 Å². The van der Waals surface area contributed by atoms with E-state index in [2.05, 4.69) is 20.5 Å². The number of ether oxygens (including phenoxy) is 2. The van der Waals surface area contributed by atoms with Gasteiger partial charge in [-0.2, -0.15) is 4.98 Å². The standard InChI is InChI=1S/C19H22N6O4/c1-12-20-18(22-29-12)16-11-25(23-21-16)13-5-4-8-24(10-13)19(26)15-7-6-14(27-2)9-17(15)28-3/h6-7,9,11,13H,4-5,8,10H2,1-3H3. The van der Waals surface area contributed by atoms with Crippen molar-refractivity contribution in [3.05, 3.63) is 35.9 Å². The average molecular weight is 398 g/mol. The van der Waals surface area contributed by atoms with Crippen LogP contribution in [0.2, 0.25) is 0 Å². The lowest BCUT2D eigenvalue weighted by atomic mass is 10.0. The van der Waals surface area contributed by atoms with E-state index in [4.69, 9.17) is 14.0 Å². The second-order valence-corrected chi connectivity index (χ2v) is 6.83.